The van der Waals surface area contributed by atoms with Crippen LogP contribution in [0.1, 0.15) is 37.8 Å². The average Bonchev–Trinajstić information content (AvgIpc) is 2.73. The summed E-state index contributed by atoms with van der Waals surface area (Å²) in [5.41, 5.74) is 0.549. The molecule has 0 aliphatic carbocycles. The number of carbonyl (C=O) groups is 2. The van der Waals surface area contributed by atoms with Gasteiger partial charge in [-0.15, -0.1) is 0 Å². The molecule has 0 saturated carbocycles. The fourth-order valence-corrected chi connectivity index (χ4v) is 3.82. The first kappa shape index (κ1) is 21.0. The molecule has 2 amide bonds. The van der Waals surface area contributed by atoms with Gasteiger partial charge in [-0.2, -0.15) is 0 Å². The lowest BCUT2D eigenvalue weighted by molar-refractivity contribution is -0.149. The molecular formula is C24H29FN2O2. The van der Waals surface area contributed by atoms with E-state index in [1.165, 1.54) is 11.6 Å². The number of hydrogen-bond acceptors (Lipinski definition) is 2. The summed E-state index contributed by atoms with van der Waals surface area (Å²) in [5, 5.41) is 2.72. The number of benzene rings is 2. The fraction of sp³-hybridized carbons (Fsp3) is 0.417. The molecule has 154 valence electrons. The summed E-state index contributed by atoms with van der Waals surface area (Å²) in [6, 6.07) is 16.7. The number of piperidine rings is 1. The minimum absolute atomic E-state index is 0.0708. The molecule has 0 bridgehead atoms. The molecule has 4 nitrogen and oxygen atoms in total. The fourth-order valence-electron chi connectivity index (χ4n) is 3.82. The molecule has 0 radical (unpaired) electrons. The molecule has 3 rings (SSSR count). The molecule has 1 heterocycles. The number of carbonyl (C=O) groups excluding carboxylic acids is 2. The number of amides is 2. The van der Waals surface area contributed by atoms with Crippen LogP contribution in [0.5, 0.6) is 0 Å². The largest absolute Gasteiger partial charge is 0.351 e. The molecule has 2 aromatic carbocycles. The number of rotatable bonds is 6. The molecule has 1 saturated heterocycles. The molecule has 0 aromatic heterocycles. The second-order valence-corrected chi connectivity index (χ2v) is 8.32. The summed E-state index contributed by atoms with van der Waals surface area (Å²) in [6.07, 6.45) is 2.90. The van der Waals surface area contributed by atoms with Crippen molar-refractivity contribution in [2.75, 3.05) is 13.1 Å². The Balaban J connectivity index is 1.52. The zero-order valence-corrected chi connectivity index (χ0v) is 17.2. The van der Waals surface area contributed by atoms with Gasteiger partial charge in [0.25, 0.3) is 0 Å². The van der Waals surface area contributed by atoms with Crippen molar-refractivity contribution in [3.05, 3.63) is 71.5 Å². The first-order chi connectivity index (χ1) is 13.9. The number of nitrogens with zero attached hydrogens (tertiary/aromatic N) is 1. The Kier molecular flexibility index (Phi) is 6.68. The van der Waals surface area contributed by atoms with Crippen LogP contribution in [0.15, 0.2) is 54.6 Å². The highest BCUT2D eigenvalue weighted by Crippen LogP contribution is 2.26. The van der Waals surface area contributed by atoms with E-state index in [4.69, 9.17) is 0 Å². The predicted octanol–water partition coefficient (Wildman–Crippen LogP) is 3.95. The van der Waals surface area contributed by atoms with E-state index in [9.17, 15) is 14.0 Å². The molecule has 0 atom stereocenters. The Hall–Kier alpha value is -2.69. The highest BCUT2D eigenvalue weighted by Gasteiger charge is 2.40. The number of nitrogens with one attached hydrogen (secondary N) is 1. The molecule has 0 unspecified atom stereocenters. The number of hydrogen-bond donors (Lipinski definition) is 1. The number of halogens is 1. The van der Waals surface area contributed by atoms with E-state index in [-0.39, 0.29) is 24.2 Å². The van der Waals surface area contributed by atoms with Gasteiger partial charge in [0.1, 0.15) is 11.2 Å². The highest BCUT2D eigenvalue weighted by atomic mass is 19.1. The van der Waals surface area contributed by atoms with Gasteiger partial charge < -0.3 is 10.2 Å². The van der Waals surface area contributed by atoms with Crippen LogP contribution in [-0.4, -0.2) is 29.8 Å². The molecule has 1 N–H and O–H groups in total. The van der Waals surface area contributed by atoms with Crippen molar-refractivity contribution in [2.24, 2.45) is 11.3 Å². The van der Waals surface area contributed by atoms with Crippen LogP contribution in [0.3, 0.4) is 0 Å². The van der Waals surface area contributed by atoms with Crippen LogP contribution >= 0.6 is 0 Å². The van der Waals surface area contributed by atoms with Crippen molar-refractivity contribution in [3.8, 4) is 0 Å². The molecule has 1 aliphatic heterocycles. The summed E-state index contributed by atoms with van der Waals surface area (Å²) in [5.74, 6) is -0.351. The van der Waals surface area contributed by atoms with E-state index in [2.05, 4.69) is 29.6 Å². The van der Waals surface area contributed by atoms with Crippen LogP contribution < -0.4 is 5.32 Å². The number of likely N-dealkylation sites (tertiary alicyclic amines) is 1. The topological polar surface area (TPSA) is 49.4 Å². The van der Waals surface area contributed by atoms with Crippen LogP contribution in [0, 0.1) is 17.2 Å². The van der Waals surface area contributed by atoms with E-state index >= 15 is 0 Å². The molecule has 5 heteroatoms. The summed E-state index contributed by atoms with van der Waals surface area (Å²) < 4.78 is 13.8. The van der Waals surface area contributed by atoms with Crippen molar-refractivity contribution >= 4 is 11.8 Å². The molecule has 2 aromatic rings. The van der Waals surface area contributed by atoms with Crippen LogP contribution in [0.4, 0.5) is 4.39 Å². The first-order valence-electron chi connectivity index (χ1n) is 10.2. The summed E-state index contributed by atoms with van der Waals surface area (Å²) in [7, 11) is 0. The minimum Gasteiger partial charge on any atom is -0.351 e. The third kappa shape index (κ3) is 5.22. The zero-order valence-electron chi connectivity index (χ0n) is 17.2. The van der Waals surface area contributed by atoms with Gasteiger partial charge in [-0.25, -0.2) is 4.39 Å². The maximum atomic E-state index is 13.8. The third-order valence-electron chi connectivity index (χ3n) is 5.77. The van der Waals surface area contributed by atoms with Gasteiger partial charge in [0.05, 0.1) is 0 Å². The van der Waals surface area contributed by atoms with Crippen molar-refractivity contribution in [3.63, 3.8) is 0 Å². The van der Waals surface area contributed by atoms with Crippen molar-refractivity contribution < 1.29 is 14.0 Å². The van der Waals surface area contributed by atoms with Gasteiger partial charge in [0.15, 0.2) is 0 Å². The monoisotopic (exact) mass is 396 g/mol. The summed E-state index contributed by atoms with van der Waals surface area (Å²) >= 11 is 0. The molecule has 1 fully saturated rings. The van der Waals surface area contributed by atoms with Crippen LogP contribution in [-0.2, 0) is 22.6 Å². The van der Waals surface area contributed by atoms with Gasteiger partial charge in [-0.05, 0) is 50.7 Å². The predicted molar refractivity (Wildman–Crippen MR) is 111 cm³/mol. The Morgan fingerprint density at radius 2 is 1.66 bits per heavy atom. The van der Waals surface area contributed by atoms with Crippen LogP contribution in [0.25, 0.3) is 0 Å². The second kappa shape index (κ2) is 9.21. The zero-order chi connectivity index (χ0) is 20.9. The minimum atomic E-state index is -1.18. The summed E-state index contributed by atoms with van der Waals surface area (Å²) in [6.45, 7) is 4.69. The molecular weight excluding hydrogens is 367 g/mol. The Morgan fingerprint density at radius 3 is 2.31 bits per heavy atom. The average molecular weight is 397 g/mol. The lowest BCUT2D eigenvalue weighted by Crippen LogP contribution is -2.51. The Morgan fingerprint density at radius 1 is 1.03 bits per heavy atom. The first-order valence-corrected chi connectivity index (χ1v) is 10.2. The summed E-state index contributed by atoms with van der Waals surface area (Å²) in [4.78, 5) is 27.4. The van der Waals surface area contributed by atoms with Gasteiger partial charge in [0.2, 0.25) is 11.8 Å². The van der Waals surface area contributed by atoms with E-state index in [0.717, 1.165) is 19.3 Å². The van der Waals surface area contributed by atoms with E-state index in [0.29, 0.717) is 24.6 Å². The maximum Gasteiger partial charge on any atom is 0.237 e. The molecule has 29 heavy (non-hydrogen) atoms. The SMILES string of the molecule is CC(C)(C(=O)NCc1ccccc1F)C(=O)N1CCC(Cc2ccccc2)CC1. The van der Waals surface area contributed by atoms with Gasteiger partial charge >= 0.3 is 0 Å². The van der Waals surface area contributed by atoms with Crippen LogP contribution in [0.2, 0.25) is 0 Å². The van der Waals surface area contributed by atoms with E-state index in [1.807, 2.05) is 6.07 Å². The van der Waals surface area contributed by atoms with Crippen molar-refractivity contribution in [2.45, 2.75) is 39.7 Å². The van der Waals surface area contributed by atoms with E-state index < -0.39 is 5.41 Å². The van der Waals surface area contributed by atoms with Gasteiger partial charge in [-0.3, -0.25) is 9.59 Å². The molecule has 1 aliphatic rings. The smallest absolute Gasteiger partial charge is 0.237 e. The normalized spacial score (nSPS) is 15.2. The second-order valence-electron chi connectivity index (χ2n) is 8.32. The van der Waals surface area contributed by atoms with Gasteiger partial charge in [-0.1, -0.05) is 48.5 Å². The standard InChI is InChI=1S/C24H29FN2O2/c1-24(2,22(28)26-17-20-10-6-7-11-21(20)25)23(29)27-14-12-19(13-15-27)16-18-8-4-3-5-9-18/h3-11,19H,12-17H2,1-2H3,(H,26,28). The van der Waals surface area contributed by atoms with Crippen molar-refractivity contribution in [1.82, 2.24) is 10.2 Å². The van der Waals surface area contributed by atoms with Gasteiger partial charge in [0, 0.05) is 25.2 Å². The maximum absolute atomic E-state index is 13.8. The third-order valence-corrected chi connectivity index (χ3v) is 5.77. The Labute approximate surface area is 172 Å². The van der Waals surface area contributed by atoms with Crippen molar-refractivity contribution in [1.29, 1.82) is 0 Å². The Bertz CT molecular complexity index is 843. The quantitative estimate of drug-likeness (QED) is 0.752. The molecule has 0 spiro atoms. The highest BCUT2D eigenvalue weighted by molar-refractivity contribution is 6.04. The lowest BCUT2D eigenvalue weighted by atomic mass is 9.86. The van der Waals surface area contributed by atoms with E-state index in [1.54, 1.807) is 36.9 Å². The lowest BCUT2D eigenvalue weighted by Gasteiger charge is -2.36.